The van der Waals surface area contributed by atoms with Crippen molar-refractivity contribution in [2.24, 2.45) is 0 Å². The second kappa shape index (κ2) is 14.9. The first-order valence-corrected chi connectivity index (χ1v) is 16.2. The molecule has 44 heavy (non-hydrogen) atoms. The number of carbonyl (C=O) groups is 1. The van der Waals surface area contributed by atoms with E-state index in [9.17, 15) is 31.5 Å². The van der Waals surface area contributed by atoms with Crippen LogP contribution in [0.5, 0.6) is 5.75 Å². The van der Waals surface area contributed by atoms with Gasteiger partial charge in [0.25, 0.3) is 0 Å². The molecule has 2 aromatic carbocycles. The molecule has 2 aliphatic rings. The Kier molecular flexibility index (Phi) is 11.5. The molecule has 9 nitrogen and oxygen atoms in total. The predicted octanol–water partition coefficient (Wildman–Crippen LogP) is 3.29. The zero-order valence-corrected chi connectivity index (χ0v) is 25.6. The van der Waals surface area contributed by atoms with Gasteiger partial charge >= 0.3 is 6.18 Å². The van der Waals surface area contributed by atoms with Crippen LogP contribution in [-0.4, -0.2) is 87.3 Å². The van der Waals surface area contributed by atoms with Crippen LogP contribution in [0.1, 0.15) is 42.0 Å². The van der Waals surface area contributed by atoms with Crippen molar-refractivity contribution in [3.05, 3.63) is 77.4 Å². The first-order chi connectivity index (χ1) is 20.9. The lowest BCUT2D eigenvalue weighted by Crippen LogP contribution is -2.55. The molecular formula is C31H40F3N3O6S. The van der Waals surface area contributed by atoms with E-state index in [2.05, 4.69) is 10.6 Å². The standard InChI is InChI=1S/C31H40F3N3O6S/c1-37(44(40,41)16-14-31(32,33)34)26-11-7-4-8-15-43-28-18-22-12-13-23(42-2)19-24(22)29(28)35-20-27(38)25(36-30(26)39)17-21-9-5-3-6-10-21/h3-6,8-10,12-13,19,25-29,35,38H,7,11,14-18,20H2,1-2H3,(H,36,39)/b8-4-/t25-,26-,27+,28-,29+/m0/s1. The molecule has 0 bridgehead atoms. The van der Waals surface area contributed by atoms with E-state index >= 15 is 0 Å². The number of aliphatic hydroxyl groups excluding tert-OH is 1. The summed E-state index contributed by atoms with van der Waals surface area (Å²) in [6.07, 6.45) is -2.81. The van der Waals surface area contributed by atoms with Gasteiger partial charge in [0, 0.05) is 20.0 Å². The fraction of sp³-hybridized carbons (Fsp3) is 0.516. The third-order valence-corrected chi connectivity index (χ3v) is 9.97. The SMILES string of the molecule is COc1ccc2c(c1)[C@H]1NC[C@@H](O)[C@H](Cc3ccccc3)NC(=O)[C@@H](N(C)S(=O)(=O)CCC(F)(F)F)CC/C=C\CO[C@H]1C2. The first-order valence-electron chi connectivity index (χ1n) is 14.6. The number of carbonyl (C=O) groups excluding carboxylic acids is 1. The molecule has 13 heteroatoms. The van der Waals surface area contributed by atoms with Crippen molar-refractivity contribution in [3.8, 4) is 5.75 Å². The number of nitrogens with zero attached hydrogens (tertiary/aromatic N) is 1. The molecule has 0 saturated heterocycles. The summed E-state index contributed by atoms with van der Waals surface area (Å²) in [4.78, 5) is 13.7. The molecule has 1 aliphatic carbocycles. The molecule has 0 radical (unpaired) electrons. The largest absolute Gasteiger partial charge is 0.497 e. The van der Waals surface area contributed by atoms with Crippen LogP contribution in [0.3, 0.4) is 0 Å². The van der Waals surface area contributed by atoms with Gasteiger partial charge in [-0.3, -0.25) is 4.79 Å². The maximum Gasteiger partial charge on any atom is 0.390 e. The van der Waals surface area contributed by atoms with Crippen LogP contribution in [0.2, 0.25) is 0 Å². The zero-order chi connectivity index (χ0) is 31.9. The van der Waals surface area contributed by atoms with Gasteiger partial charge < -0.3 is 25.2 Å². The first kappa shape index (κ1) is 33.9. The molecule has 1 aliphatic heterocycles. The highest BCUT2D eigenvalue weighted by Gasteiger charge is 2.38. The fourth-order valence-electron chi connectivity index (χ4n) is 5.61. The van der Waals surface area contributed by atoms with E-state index in [-0.39, 0.29) is 44.6 Å². The summed E-state index contributed by atoms with van der Waals surface area (Å²) < 4.78 is 76.7. The van der Waals surface area contributed by atoms with E-state index in [1.807, 2.05) is 48.5 Å². The Morgan fingerprint density at radius 2 is 1.89 bits per heavy atom. The number of fused-ring (bicyclic) bond motifs is 3. The number of alkyl halides is 3. The normalized spacial score (nSPS) is 26.2. The lowest BCUT2D eigenvalue weighted by molar-refractivity contribution is -0.130. The van der Waals surface area contributed by atoms with Crippen LogP contribution in [-0.2, 0) is 32.4 Å². The van der Waals surface area contributed by atoms with Crippen LogP contribution in [0, 0.1) is 0 Å². The Hall–Kier alpha value is -2.97. The van der Waals surface area contributed by atoms with Crippen molar-refractivity contribution in [2.45, 2.75) is 68.6 Å². The smallest absolute Gasteiger partial charge is 0.390 e. The summed E-state index contributed by atoms with van der Waals surface area (Å²) in [6, 6.07) is 12.6. The third-order valence-electron chi connectivity index (χ3n) is 8.12. The van der Waals surface area contributed by atoms with Gasteiger partial charge in [0.1, 0.15) is 11.8 Å². The average molecular weight is 640 g/mol. The Labute approximate surface area is 256 Å². The quantitative estimate of drug-likeness (QED) is 0.398. The zero-order valence-electron chi connectivity index (χ0n) is 24.8. The maximum atomic E-state index is 13.7. The molecule has 0 saturated carbocycles. The number of likely N-dealkylation sites (N-methyl/N-ethyl adjacent to an activating group) is 1. The summed E-state index contributed by atoms with van der Waals surface area (Å²) in [5.41, 5.74) is 2.92. The molecule has 0 unspecified atom stereocenters. The third kappa shape index (κ3) is 9.04. The molecular weight excluding hydrogens is 599 g/mol. The van der Waals surface area contributed by atoms with Gasteiger partial charge in [-0.2, -0.15) is 17.5 Å². The highest BCUT2D eigenvalue weighted by molar-refractivity contribution is 7.89. The van der Waals surface area contributed by atoms with Gasteiger partial charge in [-0.15, -0.1) is 0 Å². The van der Waals surface area contributed by atoms with Crippen LogP contribution in [0.4, 0.5) is 13.2 Å². The summed E-state index contributed by atoms with van der Waals surface area (Å²) in [6.45, 7) is 0.322. The van der Waals surface area contributed by atoms with Gasteiger partial charge in [-0.25, -0.2) is 8.42 Å². The average Bonchev–Trinajstić information content (AvgIpc) is 3.33. The van der Waals surface area contributed by atoms with Crippen molar-refractivity contribution in [3.63, 3.8) is 0 Å². The number of rotatable bonds is 7. The van der Waals surface area contributed by atoms with Crippen LogP contribution >= 0.6 is 0 Å². The number of methoxy groups -OCH3 is 1. The summed E-state index contributed by atoms with van der Waals surface area (Å²) in [7, 11) is -1.72. The van der Waals surface area contributed by atoms with Crippen molar-refractivity contribution < 1.29 is 41.0 Å². The van der Waals surface area contributed by atoms with Gasteiger partial charge in [0.05, 0.1) is 50.2 Å². The Morgan fingerprint density at radius 3 is 2.59 bits per heavy atom. The number of hydrogen-bond acceptors (Lipinski definition) is 7. The van der Waals surface area contributed by atoms with E-state index in [0.717, 1.165) is 28.0 Å². The molecule has 3 N–H and O–H groups in total. The molecule has 242 valence electrons. The van der Waals surface area contributed by atoms with E-state index in [1.54, 1.807) is 19.3 Å². The lowest BCUT2D eigenvalue weighted by Gasteiger charge is -2.31. The Bertz CT molecular complexity index is 1390. The number of aliphatic hydroxyl groups is 1. The number of sulfonamides is 1. The Balaban J connectivity index is 1.61. The molecule has 4 rings (SSSR count). The second-order valence-electron chi connectivity index (χ2n) is 11.2. The number of halogens is 3. The maximum absolute atomic E-state index is 13.7. The second-order valence-corrected chi connectivity index (χ2v) is 13.3. The van der Waals surface area contributed by atoms with Crippen LogP contribution in [0.15, 0.2) is 60.7 Å². The van der Waals surface area contributed by atoms with Crippen molar-refractivity contribution in [1.29, 1.82) is 0 Å². The van der Waals surface area contributed by atoms with Crippen molar-refractivity contribution in [1.82, 2.24) is 14.9 Å². The van der Waals surface area contributed by atoms with Gasteiger partial charge in [-0.1, -0.05) is 48.6 Å². The van der Waals surface area contributed by atoms with Crippen LogP contribution in [0.25, 0.3) is 0 Å². The molecule has 1 heterocycles. The predicted molar refractivity (Wildman–Crippen MR) is 160 cm³/mol. The minimum Gasteiger partial charge on any atom is -0.497 e. The van der Waals surface area contributed by atoms with Gasteiger partial charge in [0.2, 0.25) is 15.9 Å². The molecule has 0 spiro atoms. The number of nitrogens with one attached hydrogen (secondary N) is 2. The number of hydrogen-bond donors (Lipinski definition) is 3. The molecule has 2 aromatic rings. The number of amides is 1. The molecule has 5 atom stereocenters. The molecule has 1 amide bonds. The van der Waals surface area contributed by atoms with E-state index in [1.165, 1.54) is 0 Å². The number of allylic oxidation sites excluding steroid dienone is 1. The number of β-amino-alcohol motifs (C(OH)–C–C–N with tert-alkyl or cyclic N) is 1. The number of benzene rings is 2. The minimum atomic E-state index is -4.66. The highest BCUT2D eigenvalue weighted by atomic mass is 32.2. The minimum absolute atomic E-state index is 0.0216. The fourth-order valence-corrected chi connectivity index (χ4v) is 6.97. The van der Waals surface area contributed by atoms with Crippen molar-refractivity contribution >= 4 is 15.9 Å². The molecule has 0 aromatic heterocycles. The Morgan fingerprint density at radius 1 is 1.14 bits per heavy atom. The monoisotopic (exact) mass is 639 g/mol. The number of ether oxygens (including phenoxy) is 2. The summed E-state index contributed by atoms with van der Waals surface area (Å²) >= 11 is 0. The van der Waals surface area contributed by atoms with Gasteiger partial charge in [-0.05, 0) is 48.1 Å². The summed E-state index contributed by atoms with van der Waals surface area (Å²) in [5.74, 6) is -1.18. The highest BCUT2D eigenvalue weighted by Crippen LogP contribution is 2.36. The van der Waals surface area contributed by atoms with E-state index < -0.39 is 52.5 Å². The molecule has 0 fully saturated rings. The lowest BCUT2D eigenvalue weighted by atomic mass is 9.99. The van der Waals surface area contributed by atoms with E-state index in [0.29, 0.717) is 12.2 Å². The summed E-state index contributed by atoms with van der Waals surface area (Å²) in [5, 5.41) is 17.7. The van der Waals surface area contributed by atoms with Crippen molar-refractivity contribution in [2.75, 3.05) is 33.1 Å². The van der Waals surface area contributed by atoms with Gasteiger partial charge in [0.15, 0.2) is 0 Å². The topological polar surface area (TPSA) is 117 Å². The van der Waals surface area contributed by atoms with Crippen LogP contribution < -0.4 is 15.4 Å². The van der Waals surface area contributed by atoms with E-state index in [4.69, 9.17) is 9.47 Å².